The fraction of sp³-hybridized carbons (Fsp3) is 0.235. The van der Waals surface area contributed by atoms with Gasteiger partial charge < -0.3 is 5.11 Å². The number of carboxylic acid groups (broad SMARTS) is 1. The first-order valence-corrected chi connectivity index (χ1v) is 6.52. The van der Waals surface area contributed by atoms with E-state index in [0.717, 1.165) is 16.7 Å². The van der Waals surface area contributed by atoms with Gasteiger partial charge in [-0.25, -0.2) is 4.39 Å². The molecule has 0 aromatic heterocycles. The molecule has 20 heavy (non-hydrogen) atoms. The summed E-state index contributed by atoms with van der Waals surface area (Å²) in [6.07, 6.45) is -0.00543. The van der Waals surface area contributed by atoms with Gasteiger partial charge in [0.05, 0.1) is 6.42 Å². The minimum atomic E-state index is -0.863. The number of benzene rings is 2. The van der Waals surface area contributed by atoms with Crippen LogP contribution in [0, 0.1) is 19.7 Å². The minimum Gasteiger partial charge on any atom is -0.481 e. The molecule has 0 spiro atoms. The van der Waals surface area contributed by atoms with Crippen molar-refractivity contribution in [3.8, 4) is 0 Å². The molecule has 2 aromatic carbocycles. The maximum Gasteiger partial charge on any atom is 0.304 e. The first-order chi connectivity index (χ1) is 9.47. The smallest absolute Gasteiger partial charge is 0.304 e. The second-order valence-corrected chi connectivity index (χ2v) is 5.07. The quantitative estimate of drug-likeness (QED) is 0.911. The van der Waals surface area contributed by atoms with Crippen molar-refractivity contribution >= 4 is 5.97 Å². The lowest BCUT2D eigenvalue weighted by atomic mass is 9.87. The van der Waals surface area contributed by atoms with Crippen LogP contribution in [0.2, 0.25) is 0 Å². The summed E-state index contributed by atoms with van der Waals surface area (Å²) in [5.74, 6) is -1.39. The first-order valence-electron chi connectivity index (χ1n) is 6.52. The van der Waals surface area contributed by atoms with E-state index in [1.807, 2.05) is 31.2 Å². The molecule has 0 aliphatic carbocycles. The van der Waals surface area contributed by atoms with Crippen molar-refractivity contribution in [2.45, 2.75) is 26.2 Å². The lowest BCUT2D eigenvalue weighted by Gasteiger charge is -2.17. The van der Waals surface area contributed by atoms with Gasteiger partial charge in [-0.05, 0) is 36.6 Å². The van der Waals surface area contributed by atoms with E-state index in [0.29, 0.717) is 5.56 Å². The molecular weight excluding hydrogens is 255 g/mol. The Morgan fingerprint density at radius 2 is 1.85 bits per heavy atom. The molecule has 3 heteroatoms. The van der Waals surface area contributed by atoms with Crippen LogP contribution < -0.4 is 0 Å². The van der Waals surface area contributed by atoms with E-state index in [2.05, 4.69) is 0 Å². The number of aliphatic carboxylic acids is 1. The van der Waals surface area contributed by atoms with Crippen LogP contribution in [0.1, 0.15) is 34.6 Å². The van der Waals surface area contributed by atoms with Gasteiger partial charge in [-0.15, -0.1) is 0 Å². The molecule has 0 amide bonds. The van der Waals surface area contributed by atoms with E-state index in [9.17, 15) is 9.18 Å². The van der Waals surface area contributed by atoms with Crippen LogP contribution in [0.3, 0.4) is 0 Å². The van der Waals surface area contributed by atoms with Gasteiger partial charge in [0.25, 0.3) is 0 Å². The average molecular weight is 272 g/mol. The highest BCUT2D eigenvalue weighted by Gasteiger charge is 2.18. The van der Waals surface area contributed by atoms with Gasteiger partial charge >= 0.3 is 5.97 Å². The largest absolute Gasteiger partial charge is 0.481 e. The molecule has 0 fully saturated rings. The van der Waals surface area contributed by atoms with Crippen LogP contribution >= 0.6 is 0 Å². The predicted octanol–water partition coefficient (Wildman–Crippen LogP) is 4.05. The lowest BCUT2D eigenvalue weighted by Crippen LogP contribution is -2.08. The summed E-state index contributed by atoms with van der Waals surface area (Å²) in [5.41, 5.74) is 3.39. The third kappa shape index (κ3) is 3.23. The Hall–Kier alpha value is -2.16. The standard InChI is InChI=1S/C17H17FO2/c1-11-4-3-5-13(8-11)15(10-17(19)20)14-6-7-16(18)12(2)9-14/h3-9,15H,10H2,1-2H3,(H,19,20). The van der Waals surface area contributed by atoms with Gasteiger partial charge in [-0.3, -0.25) is 4.79 Å². The maximum absolute atomic E-state index is 13.4. The van der Waals surface area contributed by atoms with Gasteiger partial charge in [0, 0.05) is 5.92 Å². The minimum absolute atomic E-state index is 0.00543. The fourth-order valence-corrected chi connectivity index (χ4v) is 2.37. The molecular formula is C17H17FO2. The van der Waals surface area contributed by atoms with Crippen LogP contribution in [0.4, 0.5) is 4.39 Å². The summed E-state index contributed by atoms with van der Waals surface area (Å²) in [6.45, 7) is 3.66. The maximum atomic E-state index is 13.4. The number of rotatable bonds is 4. The van der Waals surface area contributed by atoms with E-state index >= 15 is 0 Å². The fourth-order valence-electron chi connectivity index (χ4n) is 2.37. The zero-order valence-corrected chi connectivity index (χ0v) is 11.6. The zero-order chi connectivity index (χ0) is 14.7. The highest BCUT2D eigenvalue weighted by molar-refractivity contribution is 5.69. The molecule has 2 aromatic rings. The Balaban J connectivity index is 2.46. The van der Waals surface area contributed by atoms with Gasteiger partial charge in [0.2, 0.25) is 0 Å². The molecule has 0 heterocycles. The second kappa shape index (κ2) is 5.87. The Labute approximate surface area is 117 Å². The molecule has 0 bridgehead atoms. The van der Waals surface area contributed by atoms with Gasteiger partial charge in [0.15, 0.2) is 0 Å². The topological polar surface area (TPSA) is 37.3 Å². The van der Waals surface area contributed by atoms with E-state index < -0.39 is 5.97 Å². The summed E-state index contributed by atoms with van der Waals surface area (Å²) in [7, 11) is 0. The second-order valence-electron chi connectivity index (χ2n) is 5.07. The molecule has 2 rings (SSSR count). The van der Waals surface area contributed by atoms with Crippen LogP contribution in [0.5, 0.6) is 0 Å². The molecule has 104 valence electrons. The van der Waals surface area contributed by atoms with Crippen LogP contribution in [0.15, 0.2) is 42.5 Å². The molecule has 0 saturated carbocycles. The van der Waals surface area contributed by atoms with E-state index in [1.54, 1.807) is 19.1 Å². The molecule has 0 aliphatic rings. The average Bonchev–Trinajstić information content (AvgIpc) is 2.39. The molecule has 2 nitrogen and oxygen atoms in total. The van der Waals surface area contributed by atoms with Crippen LogP contribution in [0.25, 0.3) is 0 Å². The molecule has 0 saturated heterocycles. The van der Waals surface area contributed by atoms with Gasteiger partial charge in [-0.2, -0.15) is 0 Å². The van der Waals surface area contributed by atoms with E-state index in [1.165, 1.54) is 6.07 Å². The van der Waals surface area contributed by atoms with Crippen LogP contribution in [-0.2, 0) is 4.79 Å². The van der Waals surface area contributed by atoms with Crippen molar-refractivity contribution in [1.29, 1.82) is 0 Å². The molecule has 1 N–H and O–H groups in total. The Morgan fingerprint density at radius 1 is 1.15 bits per heavy atom. The van der Waals surface area contributed by atoms with Gasteiger partial charge in [0.1, 0.15) is 5.82 Å². The van der Waals surface area contributed by atoms with Crippen molar-refractivity contribution in [1.82, 2.24) is 0 Å². The van der Waals surface area contributed by atoms with Gasteiger partial charge in [-0.1, -0.05) is 42.0 Å². The normalized spacial score (nSPS) is 12.2. The summed E-state index contributed by atoms with van der Waals surface area (Å²) in [6, 6.07) is 12.6. The first kappa shape index (κ1) is 14.3. The van der Waals surface area contributed by atoms with Crippen molar-refractivity contribution in [3.63, 3.8) is 0 Å². The van der Waals surface area contributed by atoms with Crippen molar-refractivity contribution in [2.75, 3.05) is 0 Å². The number of halogens is 1. The highest BCUT2D eigenvalue weighted by Crippen LogP contribution is 2.29. The zero-order valence-electron chi connectivity index (χ0n) is 11.6. The van der Waals surface area contributed by atoms with Crippen molar-refractivity contribution in [2.24, 2.45) is 0 Å². The number of carbonyl (C=O) groups is 1. The Kier molecular flexibility index (Phi) is 4.18. The molecule has 1 unspecified atom stereocenters. The molecule has 0 aliphatic heterocycles. The molecule has 1 atom stereocenters. The van der Waals surface area contributed by atoms with E-state index in [4.69, 9.17) is 5.11 Å². The third-order valence-electron chi connectivity index (χ3n) is 3.41. The number of hydrogen-bond donors (Lipinski definition) is 1. The number of aryl methyl sites for hydroxylation is 2. The predicted molar refractivity (Wildman–Crippen MR) is 76.4 cm³/mol. The summed E-state index contributed by atoms with van der Waals surface area (Å²) in [4.78, 5) is 11.1. The Bertz CT molecular complexity index is 635. The highest BCUT2D eigenvalue weighted by atomic mass is 19.1. The van der Waals surface area contributed by atoms with E-state index in [-0.39, 0.29) is 18.2 Å². The summed E-state index contributed by atoms with van der Waals surface area (Å²) < 4.78 is 13.4. The summed E-state index contributed by atoms with van der Waals surface area (Å²) in [5, 5.41) is 9.13. The van der Waals surface area contributed by atoms with Crippen molar-refractivity contribution in [3.05, 3.63) is 70.5 Å². The number of hydrogen-bond acceptors (Lipinski definition) is 1. The monoisotopic (exact) mass is 272 g/mol. The number of carboxylic acids is 1. The Morgan fingerprint density at radius 3 is 2.45 bits per heavy atom. The SMILES string of the molecule is Cc1cccc(C(CC(=O)O)c2ccc(F)c(C)c2)c1. The lowest BCUT2D eigenvalue weighted by molar-refractivity contribution is -0.137. The van der Waals surface area contributed by atoms with Crippen LogP contribution in [-0.4, -0.2) is 11.1 Å². The summed E-state index contributed by atoms with van der Waals surface area (Å²) >= 11 is 0. The molecule has 0 radical (unpaired) electrons. The van der Waals surface area contributed by atoms with Crippen molar-refractivity contribution < 1.29 is 14.3 Å². The third-order valence-corrected chi connectivity index (χ3v) is 3.41.